The van der Waals surface area contributed by atoms with Crippen molar-refractivity contribution in [2.24, 2.45) is 0 Å². The van der Waals surface area contributed by atoms with E-state index in [0.717, 1.165) is 4.47 Å². The first-order valence-corrected chi connectivity index (χ1v) is 6.48. The van der Waals surface area contributed by atoms with E-state index >= 15 is 0 Å². The molecule has 2 aromatic heterocycles. The Balaban J connectivity index is 2.17. The van der Waals surface area contributed by atoms with Crippen molar-refractivity contribution < 1.29 is 0 Å². The Morgan fingerprint density at radius 2 is 2.06 bits per heavy atom. The lowest BCUT2D eigenvalue weighted by Gasteiger charge is -2.07. The number of halogens is 2. The number of pyridine rings is 1. The molecule has 0 saturated heterocycles. The van der Waals surface area contributed by atoms with Gasteiger partial charge in [-0.05, 0) is 37.9 Å². The Kier molecular flexibility index (Phi) is 3.68. The van der Waals surface area contributed by atoms with Crippen molar-refractivity contribution in [1.29, 1.82) is 0 Å². The van der Waals surface area contributed by atoms with Gasteiger partial charge in [0.2, 0.25) is 0 Å². The van der Waals surface area contributed by atoms with E-state index in [9.17, 15) is 4.79 Å². The second-order valence-electron chi connectivity index (χ2n) is 3.54. The van der Waals surface area contributed by atoms with Crippen LogP contribution in [-0.4, -0.2) is 14.3 Å². The van der Waals surface area contributed by atoms with Crippen LogP contribution in [0, 0.1) is 0 Å². The summed E-state index contributed by atoms with van der Waals surface area (Å²) in [6.07, 6.45) is 5.07. The van der Waals surface area contributed by atoms with Crippen LogP contribution in [0.3, 0.4) is 0 Å². The lowest BCUT2D eigenvalue weighted by Crippen LogP contribution is -2.22. The van der Waals surface area contributed by atoms with Gasteiger partial charge < -0.3 is 10.3 Å². The number of nitrogens with zero attached hydrogens (tertiary/aromatic N) is 3. The SMILES string of the molecule is Nc1cnn(CCn2cc(Br)cc(Br)c2=O)c1. The van der Waals surface area contributed by atoms with Gasteiger partial charge in [-0.3, -0.25) is 9.48 Å². The molecule has 2 N–H and O–H groups in total. The molecule has 0 saturated carbocycles. The smallest absolute Gasteiger partial charge is 0.264 e. The number of aromatic nitrogens is 3. The number of anilines is 1. The molecule has 7 heteroatoms. The van der Waals surface area contributed by atoms with E-state index < -0.39 is 0 Å². The molecule has 0 unspecified atom stereocenters. The standard InChI is InChI=1S/C10H10Br2N4O/c11-7-3-9(12)10(17)15(5-7)1-2-16-6-8(13)4-14-16/h3-6H,1-2,13H2. The molecule has 90 valence electrons. The van der Waals surface area contributed by atoms with Gasteiger partial charge in [-0.1, -0.05) is 0 Å². The fourth-order valence-corrected chi connectivity index (χ4v) is 2.70. The van der Waals surface area contributed by atoms with Crippen LogP contribution in [0.5, 0.6) is 0 Å². The maximum atomic E-state index is 11.8. The second-order valence-corrected chi connectivity index (χ2v) is 5.31. The van der Waals surface area contributed by atoms with E-state index in [1.165, 1.54) is 0 Å². The average molecular weight is 362 g/mol. The van der Waals surface area contributed by atoms with E-state index in [2.05, 4.69) is 37.0 Å². The first-order valence-electron chi connectivity index (χ1n) is 4.89. The fourth-order valence-electron chi connectivity index (χ4n) is 1.44. The van der Waals surface area contributed by atoms with Crippen molar-refractivity contribution in [2.45, 2.75) is 13.1 Å². The quantitative estimate of drug-likeness (QED) is 0.907. The highest BCUT2D eigenvalue weighted by Gasteiger charge is 2.03. The summed E-state index contributed by atoms with van der Waals surface area (Å²) in [5, 5.41) is 4.06. The van der Waals surface area contributed by atoms with Crippen LogP contribution in [0.15, 0.2) is 38.4 Å². The summed E-state index contributed by atoms with van der Waals surface area (Å²) in [5.41, 5.74) is 6.12. The maximum Gasteiger partial charge on any atom is 0.264 e. The van der Waals surface area contributed by atoms with Crippen LogP contribution in [0.4, 0.5) is 5.69 Å². The van der Waals surface area contributed by atoms with Crippen molar-refractivity contribution in [3.8, 4) is 0 Å². The monoisotopic (exact) mass is 360 g/mol. The van der Waals surface area contributed by atoms with Gasteiger partial charge >= 0.3 is 0 Å². The third-order valence-electron chi connectivity index (χ3n) is 2.23. The van der Waals surface area contributed by atoms with Crippen molar-refractivity contribution in [3.63, 3.8) is 0 Å². The lowest BCUT2D eigenvalue weighted by atomic mass is 10.4. The van der Waals surface area contributed by atoms with Crippen molar-refractivity contribution >= 4 is 37.5 Å². The third-order valence-corrected chi connectivity index (χ3v) is 3.23. The average Bonchev–Trinajstić information content (AvgIpc) is 2.67. The Labute approximate surface area is 114 Å². The molecule has 0 radical (unpaired) electrons. The Morgan fingerprint density at radius 1 is 1.29 bits per heavy atom. The number of hydrogen-bond donors (Lipinski definition) is 1. The van der Waals surface area contributed by atoms with Crippen molar-refractivity contribution in [2.75, 3.05) is 5.73 Å². The summed E-state index contributed by atoms with van der Waals surface area (Å²) in [6.45, 7) is 1.14. The molecule has 5 nitrogen and oxygen atoms in total. The van der Waals surface area contributed by atoms with Crippen LogP contribution in [-0.2, 0) is 13.1 Å². The molecule has 0 aliphatic rings. The van der Waals surface area contributed by atoms with Crippen LogP contribution in [0.25, 0.3) is 0 Å². The normalized spacial score (nSPS) is 10.7. The summed E-state index contributed by atoms with van der Waals surface area (Å²) in [5.74, 6) is 0. The zero-order valence-corrected chi connectivity index (χ0v) is 12.0. The molecule has 0 bridgehead atoms. The highest BCUT2D eigenvalue weighted by molar-refractivity contribution is 9.11. The molecular weight excluding hydrogens is 352 g/mol. The highest BCUT2D eigenvalue weighted by atomic mass is 79.9. The number of rotatable bonds is 3. The molecule has 2 rings (SSSR count). The summed E-state index contributed by atoms with van der Waals surface area (Å²) < 4.78 is 4.71. The first kappa shape index (κ1) is 12.4. The molecule has 0 aliphatic carbocycles. The van der Waals surface area contributed by atoms with Crippen molar-refractivity contribution in [3.05, 3.63) is 44.0 Å². The second kappa shape index (κ2) is 5.05. The molecule has 0 fully saturated rings. The van der Waals surface area contributed by atoms with E-state index in [1.807, 2.05) is 0 Å². The molecule has 2 heterocycles. The van der Waals surface area contributed by atoms with Gasteiger partial charge in [0.25, 0.3) is 5.56 Å². The molecule has 0 aromatic carbocycles. The van der Waals surface area contributed by atoms with Crippen LogP contribution in [0.2, 0.25) is 0 Å². The van der Waals surface area contributed by atoms with E-state index in [-0.39, 0.29) is 5.56 Å². The fraction of sp³-hybridized carbons (Fsp3) is 0.200. The minimum absolute atomic E-state index is 0.0617. The Morgan fingerprint density at radius 3 is 2.71 bits per heavy atom. The highest BCUT2D eigenvalue weighted by Crippen LogP contribution is 2.12. The number of nitrogens with two attached hydrogens (primary N) is 1. The van der Waals surface area contributed by atoms with Gasteiger partial charge in [0.15, 0.2) is 0 Å². The summed E-state index contributed by atoms with van der Waals surface area (Å²) >= 11 is 6.57. The van der Waals surface area contributed by atoms with Crippen molar-refractivity contribution in [1.82, 2.24) is 14.3 Å². The molecule has 0 aliphatic heterocycles. The lowest BCUT2D eigenvalue weighted by molar-refractivity contribution is 0.522. The Hall–Kier alpha value is -1.08. The van der Waals surface area contributed by atoms with Crippen LogP contribution >= 0.6 is 31.9 Å². The van der Waals surface area contributed by atoms with Gasteiger partial charge in [-0.25, -0.2) is 0 Å². The number of nitrogen functional groups attached to an aromatic ring is 1. The zero-order valence-electron chi connectivity index (χ0n) is 8.81. The third kappa shape index (κ3) is 2.98. The molecular formula is C10H10Br2N4O. The number of aryl methyl sites for hydroxylation is 2. The van der Waals surface area contributed by atoms with Gasteiger partial charge in [0.05, 0.1) is 22.9 Å². The maximum absolute atomic E-state index is 11.8. The minimum atomic E-state index is -0.0617. The van der Waals surface area contributed by atoms with Crippen LogP contribution in [0.1, 0.15) is 0 Å². The van der Waals surface area contributed by atoms with E-state index in [1.54, 1.807) is 33.9 Å². The largest absolute Gasteiger partial charge is 0.396 e. The van der Waals surface area contributed by atoms with Gasteiger partial charge in [0, 0.05) is 23.4 Å². The molecule has 0 atom stereocenters. The molecule has 2 aromatic rings. The summed E-state index contributed by atoms with van der Waals surface area (Å²) in [6, 6.07) is 1.73. The molecule has 17 heavy (non-hydrogen) atoms. The first-order chi connectivity index (χ1) is 8.06. The molecule has 0 amide bonds. The number of hydrogen-bond acceptors (Lipinski definition) is 3. The van der Waals surface area contributed by atoms with Gasteiger partial charge in [-0.2, -0.15) is 5.10 Å². The predicted octanol–water partition coefficient (Wildman–Crippen LogP) is 1.85. The van der Waals surface area contributed by atoms with Gasteiger partial charge in [0.1, 0.15) is 0 Å². The van der Waals surface area contributed by atoms with E-state index in [4.69, 9.17) is 5.73 Å². The summed E-state index contributed by atoms with van der Waals surface area (Å²) in [4.78, 5) is 11.8. The summed E-state index contributed by atoms with van der Waals surface area (Å²) in [7, 11) is 0. The zero-order chi connectivity index (χ0) is 12.4. The minimum Gasteiger partial charge on any atom is -0.396 e. The van der Waals surface area contributed by atoms with Gasteiger partial charge in [-0.15, -0.1) is 0 Å². The predicted molar refractivity (Wildman–Crippen MR) is 72.7 cm³/mol. The van der Waals surface area contributed by atoms with Crippen LogP contribution < -0.4 is 11.3 Å². The molecule has 0 spiro atoms. The topological polar surface area (TPSA) is 65.8 Å². The Bertz CT molecular complexity index is 590. The van der Waals surface area contributed by atoms with E-state index in [0.29, 0.717) is 23.2 Å².